The van der Waals surface area contributed by atoms with E-state index in [4.69, 9.17) is 18.9 Å². The van der Waals surface area contributed by atoms with E-state index in [1.807, 2.05) is 21.1 Å². The largest absolute Gasteiger partial charge is 0.545 e. The molecule has 0 aliphatic carbocycles. The van der Waals surface area contributed by atoms with Crippen LogP contribution in [0.4, 0.5) is 0 Å². The van der Waals surface area contributed by atoms with E-state index < -0.39 is 24.3 Å². The van der Waals surface area contributed by atoms with Gasteiger partial charge in [0.05, 0.1) is 40.3 Å². The van der Waals surface area contributed by atoms with Crippen LogP contribution in [0, 0.1) is 0 Å². The Kier molecular flexibility index (Phi) is 56.7. The van der Waals surface area contributed by atoms with E-state index in [2.05, 4.69) is 50.3 Å². The van der Waals surface area contributed by atoms with Crippen molar-refractivity contribution in [3.63, 3.8) is 0 Å². The van der Waals surface area contributed by atoms with E-state index in [-0.39, 0.29) is 32.2 Å². The summed E-state index contributed by atoms with van der Waals surface area (Å²) in [5, 5.41) is 11.8. The minimum atomic E-state index is -1.62. The van der Waals surface area contributed by atoms with Gasteiger partial charge in [-0.15, -0.1) is 0 Å². The van der Waals surface area contributed by atoms with E-state index in [0.29, 0.717) is 23.9 Å². The summed E-state index contributed by atoms with van der Waals surface area (Å²) in [6.07, 6.45) is 69.4. The lowest BCUT2D eigenvalue weighted by Gasteiger charge is -2.26. The normalized spacial score (nSPS) is 12.9. The van der Waals surface area contributed by atoms with Crippen LogP contribution >= 0.6 is 0 Å². The molecule has 0 amide bonds. The molecular weight excluding hydrogens is 947 g/mol. The van der Waals surface area contributed by atoms with Gasteiger partial charge >= 0.3 is 11.9 Å². The van der Waals surface area contributed by atoms with Crippen LogP contribution in [0.1, 0.15) is 316 Å². The van der Waals surface area contributed by atoms with E-state index in [1.165, 1.54) is 231 Å². The Balaban J connectivity index is 4.05. The predicted octanol–water partition coefficient (Wildman–Crippen LogP) is 18.3. The molecule has 2 unspecified atom stereocenters. The zero-order chi connectivity index (χ0) is 55.5. The van der Waals surface area contributed by atoms with Crippen LogP contribution in [-0.4, -0.2) is 82.3 Å². The maximum absolute atomic E-state index is 12.9. The average Bonchev–Trinajstić information content (AvgIpc) is 3.39. The maximum atomic E-state index is 12.9. The van der Waals surface area contributed by atoms with Gasteiger partial charge < -0.3 is 33.3 Å². The molecule has 0 saturated heterocycles. The van der Waals surface area contributed by atoms with Gasteiger partial charge in [-0.1, -0.05) is 269 Å². The topological polar surface area (TPSA) is 111 Å². The van der Waals surface area contributed by atoms with Gasteiger partial charge in [-0.2, -0.15) is 0 Å². The Morgan fingerprint density at radius 3 is 1.07 bits per heavy atom. The number of likely N-dealkylation sites (N-methyl/N-ethyl adjacent to an activating group) is 1. The number of esters is 2. The van der Waals surface area contributed by atoms with Gasteiger partial charge in [0.1, 0.15) is 13.2 Å². The molecule has 0 radical (unpaired) electrons. The van der Waals surface area contributed by atoms with Gasteiger partial charge in [-0.05, 0) is 70.6 Å². The van der Waals surface area contributed by atoms with Crippen molar-refractivity contribution in [2.45, 2.75) is 328 Å². The number of rotatable bonds is 61. The summed E-state index contributed by atoms with van der Waals surface area (Å²) < 4.78 is 22.7. The van der Waals surface area contributed by atoms with Crippen LogP contribution < -0.4 is 5.11 Å². The van der Waals surface area contributed by atoms with Gasteiger partial charge in [0.2, 0.25) is 0 Å². The van der Waals surface area contributed by atoms with E-state index in [0.717, 1.165) is 51.4 Å². The molecule has 0 saturated carbocycles. The lowest BCUT2D eigenvalue weighted by atomic mass is 10.0. The van der Waals surface area contributed by atoms with Crippen molar-refractivity contribution in [3.05, 3.63) is 36.5 Å². The number of hydrogen-bond donors (Lipinski definition) is 0. The SMILES string of the molecule is CCCCCC/C=C\C/C=C\CCCCCCCCCC(=O)OC(COC(=O)CCCCCCCCCCCCCCCCCCCCCCC/C=C\CCCCCCCCCC)COC(OCC[N+](C)(C)C)C(=O)[O-]. The molecule has 9 heteroatoms. The van der Waals surface area contributed by atoms with Crippen molar-refractivity contribution in [2.24, 2.45) is 0 Å². The highest BCUT2D eigenvalue weighted by atomic mass is 16.7. The van der Waals surface area contributed by atoms with Gasteiger partial charge in [0.15, 0.2) is 12.4 Å². The third kappa shape index (κ3) is 59.2. The number of nitrogens with zero attached hydrogens (tertiary/aromatic N) is 1. The van der Waals surface area contributed by atoms with Crippen molar-refractivity contribution >= 4 is 17.9 Å². The fourth-order valence-electron chi connectivity index (χ4n) is 9.56. The molecule has 0 aromatic carbocycles. The second-order valence-corrected chi connectivity index (χ2v) is 23.4. The molecule has 9 nitrogen and oxygen atoms in total. The first-order valence-corrected chi connectivity index (χ1v) is 32.6. The molecule has 0 aliphatic heterocycles. The second kappa shape index (κ2) is 58.7. The third-order valence-electron chi connectivity index (χ3n) is 14.6. The number of unbranched alkanes of at least 4 members (excludes halogenated alkanes) is 40. The monoisotopic (exact) mass is 1070 g/mol. The standard InChI is InChI=1S/C67H125NO8/c1-6-8-10-12-14-16-18-20-22-24-26-27-28-29-30-31-32-33-34-35-36-37-38-39-40-42-43-45-47-49-51-53-55-57-64(69)74-61-63(62-75-67(66(71)72)73-60-59-68(3,4)5)76-65(70)58-56-54-52-50-48-46-44-41-25-23-21-19-17-15-13-11-9-7-2/h17,19,23-26,63,67H,6-16,18,20-22,27-62H2,1-5H3/b19-17-,25-23-,26-24-. The summed E-state index contributed by atoms with van der Waals surface area (Å²) in [5.74, 6) is -2.27. The highest BCUT2D eigenvalue weighted by Crippen LogP contribution is 2.18. The quantitative estimate of drug-likeness (QED) is 0.0195. The summed E-state index contributed by atoms with van der Waals surface area (Å²) in [6.45, 7) is 4.77. The molecule has 0 rings (SSSR count). The molecule has 0 fully saturated rings. The van der Waals surface area contributed by atoms with Crippen LogP contribution in [0.3, 0.4) is 0 Å². The van der Waals surface area contributed by atoms with E-state index in [1.54, 1.807) is 0 Å². The summed E-state index contributed by atoms with van der Waals surface area (Å²) in [6, 6.07) is 0. The van der Waals surface area contributed by atoms with Crippen LogP contribution in [0.5, 0.6) is 0 Å². The smallest absolute Gasteiger partial charge is 0.306 e. The number of carbonyl (C=O) groups is 3. The summed E-state index contributed by atoms with van der Waals surface area (Å²) in [4.78, 5) is 37.3. The van der Waals surface area contributed by atoms with Crippen molar-refractivity contribution < 1.29 is 42.9 Å². The van der Waals surface area contributed by atoms with Crippen molar-refractivity contribution in [1.82, 2.24) is 0 Å². The highest BCUT2D eigenvalue weighted by Gasteiger charge is 2.22. The fourth-order valence-corrected chi connectivity index (χ4v) is 9.56. The van der Waals surface area contributed by atoms with Crippen LogP contribution in [0.25, 0.3) is 0 Å². The molecule has 0 spiro atoms. The van der Waals surface area contributed by atoms with Gasteiger partial charge in [-0.25, -0.2) is 0 Å². The van der Waals surface area contributed by atoms with Crippen LogP contribution in [0.2, 0.25) is 0 Å². The van der Waals surface area contributed by atoms with Crippen LogP contribution in [-0.2, 0) is 33.3 Å². The number of ether oxygens (including phenoxy) is 4. The number of carbonyl (C=O) groups excluding carboxylic acids is 3. The van der Waals surface area contributed by atoms with Crippen molar-refractivity contribution in [2.75, 3.05) is 47.5 Å². The van der Waals surface area contributed by atoms with E-state index >= 15 is 0 Å². The van der Waals surface area contributed by atoms with Crippen LogP contribution in [0.15, 0.2) is 36.5 Å². The minimum Gasteiger partial charge on any atom is -0.545 e. The Morgan fingerprint density at radius 2 is 0.711 bits per heavy atom. The zero-order valence-electron chi connectivity index (χ0n) is 50.9. The number of hydrogen-bond acceptors (Lipinski definition) is 8. The Bertz CT molecular complexity index is 1340. The summed E-state index contributed by atoms with van der Waals surface area (Å²) in [7, 11) is 5.93. The average molecular weight is 1070 g/mol. The lowest BCUT2D eigenvalue weighted by Crippen LogP contribution is -2.44. The molecule has 0 aliphatic rings. The van der Waals surface area contributed by atoms with Crippen molar-refractivity contribution in [3.8, 4) is 0 Å². The maximum Gasteiger partial charge on any atom is 0.306 e. The first kappa shape index (κ1) is 73.5. The minimum absolute atomic E-state index is 0.147. The Labute approximate surface area is 470 Å². The molecule has 2 atom stereocenters. The molecule has 0 bridgehead atoms. The number of quaternary nitrogens is 1. The van der Waals surface area contributed by atoms with Gasteiger partial charge in [0.25, 0.3) is 0 Å². The second-order valence-electron chi connectivity index (χ2n) is 23.4. The molecule has 0 aromatic heterocycles. The first-order chi connectivity index (χ1) is 37.1. The van der Waals surface area contributed by atoms with E-state index in [9.17, 15) is 19.5 Å². The van der Waals surface area contributed by atoms with Gasteiger partial charge in [0, 0.05) is 12.8 Å². The summed E-state index contributed by atoms with van der Waals surface area (Å²) >= 11 is 0. The zero-order valence-corrected chi connectivity index (χ0v) is 50.9. The predicted molar refractivity (Wildman–Crippen MR) is 320 cm³/mol. The third-order valence-corrected chi connectivity index (χ3v) is 14.6. The molecular formula is C67H125NO8. The molecule has 0 N–H and O–H groups in total. The highest BCUT2D eigenvalue weighted by molar-refractivity contribution is 5.70. The van der Waals surface area contributed by atoms with Crippen molar-refractivity contribution in [1.29, 1.82) is 0 Å². The fraction of sp³-hybridized carbons (Fsp3) is 0.866. The van der Waals surface area contributed by atoms with Gasteiger partial charge in [-0.3, -0.25) is 9.59 Å². The number of allylic oxidation sites excluding steroid dienone is 6. The number of carboxylic acids is 1. The Hall–Kier alpha value is -2.49. The molecule has 446 valence electrons. The molecule has 0 heterocycles. The molecule has 0 aromatic rings. The molecule has 76 heavy (non-hydrogen) atoms. The summed E-state index contributed by atoms with van der Waals surface area (Å²) in [5.41, 5.74) is 0. The lowest BCUT2D eigenvalue weighted by molar-refractivity contribution is -0.870. The number of aliphatic carboxylic acids is 1. The Morgan fingerprint density at radius 1 is 0.395 bits per heavy atom. The first-order valence-electron chi connectivity index (χ1n) is 32.6. The number of carboxylic acid groups (broad SMARTS) is 1.